The molecule has 1 aromatic heterocycles. The zero-order valence-corrected chi connectivity index (χ0v) is 19.4. The fourth-order valence-electron chi connectivity index (χ4n) is 4.08. The number of ether oxygens (including phenoxy) is 1. The predicted molar refractivity (Wildman–Crippen MR) is 128 cm³/mol. The second kappa shape index (κ2) is 11.4. The largest absolute Gasteiger partial charge is 0.489 e. The Morgan fingerprint density at radius 1 is 1.12 bits per heavy atom. The SMILES string of the molecule is O=C(NCc1ncccc1-c1ccc(Cl)cc1)C1CCN(CCOc2cc(F)ccc2F)CC1. The lowest BCUT2D eigenvalue weighted by Crippen LogP contribution is -2.41. The Labute approximate surface area is 202 Å². The van der Waals surface area contributed by atoms with E-state index in [1.54, 1.807) is 6.20 Å². The fourth-order valence-corrected chi connectivity index (χ4v) is 4.20. The van der Waals surface area contributed by atoms with Crippen LogP contribution < -0.4 is 10.1 Å². The van der Waals surface area contributed by atoms with Crippen LogP contribution in [-0.4, -0.2) is 42.0 Å². The number of carbonyl (C=O) groups is 1. The van der Waals surface area contributed by atoms with Crippen LogP contribution in [0, 0.1) is 17.6 Å². The number of benzene rings is 2. The molecule has 34 heavy (non-hydrogen) atoms. The highest BCUT2D eigenvalue weighted by Gasteiger charge is 2.25. The minimum Gasteiger partial charge on any atom is -0.489 e. The third-order valence-electron chi connectivity index (χ3n) is 5.99. The molecular formula is C26H26ClF2N3O2. The summed E-state index contributed by atoms with van der Waals surface area (Å²) in [6.45, 7) is 2.68. The van der Waals surface area contributed by atoms with E-state index < -0.39 is 11.6 Å². The second-order valence-corrected chi connectivity index (χ2v) is 8.70. The third-order valence-corrected chi connectivity index (χ3v) is 6.24. The molecule has 1 aliphatic rings. The van der Waals surface area contributed by atoms with Gasteiger partial charge in [-0.2, -0.15) is 0 Å². The normalized spacial score (nSPS) is 14.7. The van der Waals surface area contributed by atoms with Crippen LogP contribution in [0.5, 0.6) is 5.75 Å². The highest BCUT2D eigenvalue weighted by Crippen LogP contribution is 2.24. The standard InChI is InChI=1S/C26H26ClF2N3O2/c27-20-5-3-18(4-6-20)22-2-1-11-30-24(22)17-31-26(33)19-9-12-32(13-10-19)14-15-34-25-16-21(28)7-8-23(25)29/h1-8,11,16,19H,9-10,12-15,17H2,(H,31,33). The molecule has 0 spiro atoms. The lowest BCUT2D eigenvalue weighted by atomic mass is 9.95. The van der Waals surface area contributed by atoms with Crippen LogP contribution in [-0.2, 0) is 11.3 Å². The number of hydrogen-bond donors (Lipinski definition) is 1. The van der Waals surface area contributed by atoms with Crippen LogP contribution in [0.4, 0.5) is 8.78 Å². The van der Waals surface area contributed by atoms with Crippen LogP contribution >= 0.6 is 11.6 Å². The first-order valence-corrected chi connectivity index (χ1v) is 11.6. The summed E-state index contributed by atoms with van der Waals surface area (Å²) in [6, 6.07) is 14.6. The zero-order valence-electron chi connectivity index (χ0n) is 18.6. The minimum atomic E-state index is -0.580. The molecule has 2 heterocycles. The molecule has 3 aromatic rings. The van der Waals surface area contributed by atoms with Crippen molar-refractivity contribution in [3.05, 3.63) is 83.1 Å². The molecule has 178 valence electrons. The molecule has 0 unspecified atom stereocenters. The van der Waals surface area contributed by atoms with Crippen molar-refractivity contribution in [2.75, 3.05) is 26.2 Å². The Balaban J connectivity index is 1.23. The number of aromatic nitrogens is 1. The number of nitrogens with one attached hydrogen (secondary N) is 1. The average Bonchev–Trinajstić information content (AvgIpc) is 2.86. The van der Waals surface area contributed by atoms with Crippen molar-refractivity contribution < 1.29 is 18.3 Å². The maximum atomic E-state index is 13.6. The van der Waals surface area contributed by atoms with Gasteiger partial charge in [-0.05, 0) is 61.8 Å². The molecule has 0 atom stereocenters. The third kappa shape index (κ3) is 6.30. The van der Waals surface area contributed by atoms with Crippen LogP contribution in [0.25, 0.3) is 11.1 Å². The molecule has 5 nitrogen and oxygen atoms in total. The van der Waals surface area contributed by atoms with Gasteiger partial charge in [-0.3, -0.25) is 14.7 Å². The average molecular weight is 486 g/mol. The van der Waals surface area contributed by atoms with E-state index in [2.05, 4.69) is 15.2 Å². The Morgan fingerprint density at radius 3 is 2.65 bits per heavy atom. The van der Waals surface area contributed by atoms with Crippen molar-refractivity contribution in [1.82, 2.24) is 15.2 Å². The molecule has 0 radical (unpaired) electrons. The first-order chi connectivity index (χ1) is 16.5. The zero-order chi connectivity index (χ0) is 23.9. The van der Waals surface area contributed by atoms with Gasteiger partial charge < -0.3 is 10.1 Å². The van der Waals surface area contributed by atoms with Gasteiger partial charge in [0.05, 0.1) is 12.2 Å². The number of likely N-dealkylation sites (tertiary alicyclic amines) is 1. The van der Waals surface area contributed by atoms with E-state index in [9.17, 15) is 13.6 Å². The molecule has 1 saturated heterocycles. The van der Waals surface area contributed by atoms with Crippen molar-refractivity contribution in [2.24, 2.45) is 5.92 Å². The molecule has 1 N–H and O–H groups in total. The number of amides is 1. The number of rotatable bonds is 8. The maximum absolute atomic E-state index is 13.6. The number of nitrogens with zero attached hydrogens (tertiary/aromatic N) is 2. The van der Waals surface area contributed by atoms with Crippen LogP contribution in [0.15, 0.2) is 60.8 Å². The first-order valence-electron chi connectivity index (χ1n) is 11.3. The van der Waals surface area contributed by atoms with Gasteiger partial charge >= 0.3 is 0 Å². The Hall–Kier alpha value is -3.03. The summed E-state index contributed by atoms with van der Waals surface area (Å²) >= 11 is 5.99. The summed E-state index contributed by atoms with van der Waals surface area (Å²) in [5.41, 5.74) is 2.76. The number of halogens is 3. The fraction of sp³-hybridized carbons (Fsp3) is 0.308. The Kier molecular flexibility index (Phi) is 8.08. The first kappa shape index (κ1) is 24.1. The summed E-state index contributed by atoms with van der Waals surface area (Å²) in [4.78, 5) is 19.4. The molecule has 1 fully saturated rings. The lowest BCUT2D eigenvalue weighted by Gasteiger charge is -2.31. The molecule has 2 aromatic carbocycles. The Morgan fingerprint density at radius 2 is 1.88 bits per heavy atom. The van der Waals surface area contributed by atoms with Gasteiger partial charge in [-0.25, -0.2) is 8.78 Å². The van der Waals surface area contributed by atoms with E-state index in [0.29, 0.717) is 18.1 Å². The quantitative estimate of drug-likeness (QED) is 0.483. The van der Waals surface area contributed by atoms with E-state index in [-0.39, 0.29) is 24.2 Å². The van der Waals surface area contributed by atoms with Gasteiger partial charge in [0.15, 0.2) is 11.6 Å². The molecule has 1 aliphatic heterocycles. The van der Waals surface area contributed by atoms with Crippen LogP contribution in [0.2, 0.25) is 5.02 Å². The topological polar surface area (TPSA) is 54.5 Å². The molecule has 1 amide bonds. The summed E-state index contributed by atoms with van der Waals surface area (Å²) in [7, 11) is 0. The predicted octanol–water partition coefficient (Wildman–Crippen LogP) is 5.09. The summed E-state index contributed by atoms with van der Waals surface area (Å²) < 4.78 is 32.3. The van der Waals surface area contributed by atoms with Gasteiger partial charge in [0.1, 0.15) is 12.4 Å². The van der Waals surface area contributed by atoms with Crippen molar-refractivity contribution >= 4 is 17.5 Å². The van der Waals surface area contributed by atoms with E-state index >= 15 is 0 Å². The van der Waals surface area contributed by atoms with Crippen molar-refractivity contribution in [3.8, 4) is 16.9 Å². The monoisotopic (exact) mass is 485 g/mol. The van der Waals surface area contributed by atoms with E-state index in [1.165, 1.54) is 0 Å². The molecule has 0 aliphatic carbocycles. The minimum absolute atomic E-state index is 0.0189. The summed E-state index contributed by atoms with van der Waals surface area (Å²) in [6.07, 6.45) is 3.18. The van der Waals surface area contributed by atoms with E-state index in [0.717, 1.165) is 61.0 Å². The summed E-state index contributed by atoms with van der Waals surface area (Å²) in [5, 5.41) is 3.70. The van der Waals surface area contributed by atoms with Crippen molar-refractivity contribution in [1.29, 1.82) is 0 Å². The number of pyridine rings is 1. The molecule has 4 rings (SSSR count). The second-order valence-electron chi connectivity index (χ2n) is 8.26. The number of hydrogen-bond acceptors (Lipinski definition) is 4. The van der Waals surface area contributed by atoms with Crippen molar-refractivity contribution in [3.63, 3.8) is 0 Å². The molecule has 0 bridgehead atoms. The van der Waals surface area contributed by atoms with Gasteiger partial charge in [0.25, 0.3) is 0 Å². The maximum Gasteiger partial charge on any atom is 0.223 e. The smallest absolute Gasteiger partial charge is 0.223 e. The highest BCUT2D eigenvalue weighted by molar-refractivity contribution is 6.30. The molecule has 8 heteroatoms. The van der Waals surface area contributed by atoms with Gasteiger partial charge in [0.2, 0.25) is 5.91 Å². The lowest BCUT2D eigenvalue weighted by molar-refractivity contribution is -0.126. The highest BCUT2D eigenvalue weighted by atomic mass is 35.5. The van der Waals surface area contributed by atoms with Gasteiger partial charge in [-0.15, -0.1) is 0 Å². The number of carbonyl (C=O) groups excluding carboxylic acids is 1. The van der Waals surface area contributed by atoms with Crippen LogP contribution in [0.1, 0.15) is 18.5 Å². The Bertz CT molecular complexity index is 1120. The molecular weight excluding hydrogens is 460 g/mol. The number of piperidine rings is 1. The van der Waals surface area contributed by atoms with Gasteiger partial charge in [0, 0.05) is 35.3 Å². The van der Waals surface area contributed by atoms with Gasteiger partial charge in [-0.1, -0.05) is 29.8 Å². The molecule has 0 saturated carbocycles. The van der Waals surface area contributed by atoms with Crippen molar-refractivity contribution in [2.45, 2.75) is 19.4 Å². The van der Waals surface area contributed by atoms with Crippen LogP contribution in [0.3, 0.4) is 0 Å². The van der Waals surface area contributed by atoms with E-state index in [4.69, 9.17) is 16.3 Å². The van der Waals surface area contributed by atoms with E-state index in [1.807, 2.05) is 36.4 Å². The summed E-state index contributed by atoms with van der Waals surface area (Å²) in [5.74, 6) is -1.24.